The molecule has 1 aliphatic rings. The summed E-state index contributed by atoms with van der Waals surface area (Å²) in [5, 5.41) is 14.1. The molecule has 2 N–H and O–H groups in total. The van der Waals surface area contributed by atoms with Crippen molar-refractivity contribution in [3.05, 3.63) is 21.9 Å². The lowest BCUT2D eigenvalue weighted by atomic mass is 9.99. The van der Waals surface area contributed by atoms with Crippen molar-refractivity contribution in [2.24, 2.45) is 5.92 Å². The lowest BCUT2D eigenvalue weighted by molar-refractivity contribution is 0.129. The molecule has 2 heterocycles. The molecule has 2 rings (SSSR count). The number of rotatable bonds is 3. The molecule has 18 heavy (non-hydrogen) atoms. The van der Waals surface area contributed by atoms with Crippen molar-refractivity contribution < 1.29 is 9.90 Å². The van der Waals surface area contributed by atoms with Gasteiger partial charge in [-0.25, -0.2) is 4.79 Å². The third kappa shape index (κ3) is 3.23. The summed E-state index contributed by atoms with van der Waals surface area (Å²) >= 11 is 1.67. The van der Waals surface area contributed by atoms with Gasteiger partial charge in [-0.05, 0) is 42.7 Å². The first-order chi connectivity index (χ1) is 8.70. The Balaban J connectivity index is 1.82. The Kier molecular flexibility index (Phi) is 4.60. The molecule has 0 saturated carbocycles. The highest BCUT2D eigenvalue weighted by molar-refractivity contribution is 7.10. The average molecular weight is 268 g/mol. The van der Waals surface area contributed by atoms with E-state index in [1.807, 2.05) is 10.3 Å². The molecule has 2 amide bonds. The Morgan fingerprint density at radius 2 is 2.50 bits per heavy atom. The van der Waals surface area contributed by atoms with Gasteiger partial charge in [-0.3, -0.25) is 0 Å². The maximum absolute atomic E-state index is 12.0. The van der Waals surface area contributed by atoms with Gasteiger partial charge in [-0.1, -0.05) is 0 Å². The molecule has 1 atom stereocenters. The third-order valence-corrected chi connectivity index (χ3v) is 4.46. The molecule has 1 aliphatic heterocycles. The molecular weight excluding hydrogens is 248 g/mol. The van der Waals surface area contributed by atoms with E-state index in [0.29, 0.717) is 13.1 Å². The van der Waals surface area contributed by atoms with Crippen molar-refractivity contribution in [2.75, 3.05) is 19.7 Å². The fourth-order valence-corrected chi connectivity index (χ4v) is 3.10. The number of amides is 2. The van der Waals surface area contributed by atoms with E-state index in [2.05, 4.69) is 18.3 Å². The van der Waals surface area contributed by atoms with Crippen LogP contribution < -0.4 is 5.32 Å². The topological polar surface area (TPSA) is 52.6 Å². The number of urea groups is 1. The van der Waals surface area contributed by atoms with Gasteiger partial charge in [0.15, 0.2) is 0 Å². The number of aliphatic hydroxyl groups excluding tert-OH is 1. The van der Waals surface area contributed by atoms with E-state index in [4.69, 9.17) is 5.11 Å². The number of carbonyl (C=O) groups is 1. The van der Waals surface area contributed by atoms with Gasteiger partial charge in [0.25, 0.3) is 0 Å². The van der Waals surface area contributed by atoms with E-state index in [1.165, 1.54) is 10.4 Å². The zero-order chi connectivity index (χ0) is 13.0. The summed E-state index contributed by atoms with van der Waals surface area (Å²) in [4.78, 5) is 15.0. The van der Waals surface area contributed by atoms with Crippen molar-refractivity contribution in [3.8, 4) is 0 Å². The van der Waals surface area contributed by atoms with Crippen LogP contribution in [0.3, 0.4) is 0 Å². The summed E-state index contributed by atoms with van der Waals surface area (Å²) in [6.07, 6.45) is 2.00. The van der Waals surface area contributed by atoms with Crippen molar-refractivity contribution in [2.45, 2.75) is 26.3 Å². The van der Waals surface area contributed by atoms with E-state index >= 15 is 0 Å². The minimum Gasteiger partial charge on any atom is -0.396 e. The quantitative estimate of drug-likeness (QED) is 0.880. The van der Waals surface area contributed by atoms with E-state index < -0.39 is 0 Å². The highest BCUT2D eigenvalue weighted by Gasteiger charge is 2.22. The first kappa shape index (κ1) is 13.4. The number of piperidine rings is 1. The van der Waals surface area contributed by atoms with Crippen molar-refractivity contribution in [1.29, 1.82) is 0 Å². The van der Waals surface area contributed by atoms with Crippen LogP contribution in [0.4, 0.5) is 4.79 Å². The summed E-state index contributed by atoms with van der Waals surface area (Å²) in [6, 6.07) is 2.05. The molecule has 0 radical (unpaired) electrons. The fourth-order valence-electron chi connectivity index (χ4n) is 2.25. The van der Waals surface area contributed by atoms with Crippen LogP contribution >= 0.6 is 11.3 Å². The molecule has 0 aromatic carbocycles. The molecule has 0 spiro atoms. The average Bonchev–Trinajstić information content (AvgIpc) is 2.81. The zero-order valence-corrected chi connectivity index (χ0v) is 11.5. The van der Waals surface area contributed by atoms with Crippen LogP contribution in [-0.2, 0) is 6.54 Å². The number of aliphatic hydroxyl groups is 1. The highest BCUT2D eigenvalue weighted by atomic mass is 32.1. The minimum absolute atomic E-state index is 0.0130. The van der Waals surface area contributed by atoms with Crippen LogP contribution in [0.5, 0.6) is 0 Å². The van der Waals surface area contributed by atoms with Gasteiger partial charge >= 0.3 is 6.03 Å². The SMILES string of the molecule is Cc1ccsc1CNC(=O)N1CCCC(CO)C1. The Morgan fingerprint density at radius 1 is 1.67 bits per heavy atom. The highest BCUT2D eigenvalue weighted by Crippen LogP contribution is 2.17. The molecule has 1 fully saturated rings. The third-order valence-electron chi connectivity index (χ3n) is 3.43. The van der Waals surface area contributed by atoms with Crippen LogP contribution in [0.25, 0.3) is 0 Å². The first-order valence-corrected chi connectivity index (χ1v) is 7.25. The standard InChI is InChI=1S/C13H20N2O2S/c1-10-4-6-18-12(10)7-14-13(17)15-5-2-3-11(8-15)9-16/h4,6,11,16H,2-3,5,7-9H2,1H3,(H,14,17). The second kappa shape index (κ2) is 6.20. The molecule has 5 heteroatoms. The van der Waals surface area contributed by atoms with Crippen LogP contribution in [0.1, 0.15) is 23.3 Å². The van der Waals surface area contributed by atoms with E-state index in [1.54, 1.807) is 11.3 Å². The maximum Gasteiger partial charge on any atom is 0.317 e. The number of hydrogen-bond acceptors (Lipinski definition) is 3. The number of nitrogens with one attached hydrogen (secondary N) is 1. The second-order valence-corrected chi connectivity index (χ2v) is 5.82. The molecular formula is C13H20N2O2S. The molecule has 0 bridgehead atoms. The molecule has 1 aromatic heterocycles. The predicted molar refractivity (Wildman–Crippen MR) is 72.7 cm³/mol. The molecule has 4 nitrogen and oxygen atoms in total. The summed E-state index contributed by atoms with van der Waals surface area (Å²) in [7, 11) is 0. The Morgan fingerprint density at radius 3 is 3.17 bits per heavy atom. The molecule has 0 aliphatic carbocycles. The fraction of sp³-hybridized carbons (Fsp3) is 0.615. The number of hydrogen-bond donors (Lipinski definition) is 2. The second-order valence-electron chi connectivity index (χ2n) is 4.82. The van der Waals surface area contributed by atoms with Gasteiger partial charge in [0.1, 0.15) is 0 Å². The van der Waals surface area contributed by atoms with Crippen LogP contribution in [-0.4, -0.2) is 35.7 Å². The normalized spacial score (nSPS) is 19.9. The van der Waals surface area contributed by atoms with Crippen molar-refractivity contribution >= 4 is 17.4 Å². The molecule has 1 saturated heterocycles. The Hall–Kier alpha value is -1.07. The number of carbonyl (C=O) groups excluding carboxylic acids is 1. The number of nitrogens with zero attached hydrogens (tertiary/aromatic N) is 1. The van der Waals surface area contributed by atoms with E-state index in [0.717, 1.165) is 19.4 Å². The smallest absolute Gasteiger partial charge is 0.317 e. The van der Waals surface area contributed by atoms with Gasteiger partial charge < -0.3 is 15.3 Å². The van der Waals surface area contributed by atoms with E-state index in [-0.39, 0.29) is 18.6 Å². The van der Waals surface area contributed by atoms with Gasteiger partial charge in [0.2, 0.25) is 0 Å². The minimum atomic E-state index is -0.0130. The Bertz CT molecular complexity index is 405. The lowest BCUT2D eigenvalue weighted by Crippen LogP contribution is -2.45. The largest absolute Gasteiger partial charge is 0.396 e. The monoisotopic (exact) mass is 268 g/mol. The number of thiophene rings is 1. The molecule has 100 valence electrons. The van der Waals surface area contributed by atoms with Crippen molar-refractivity contribution in [1.82, 2.24) is 10.2 Å². The van der Waals surface area contributed by atoms with Gasteiger partial charge in [-0.15, -0.1) is 11.3 Å². The van der Waals surface area contributed by atoms with E-state index in [9.17, 15) is 4.79 Å². The summed E-state index contributed by atoms with van der Waals surface area (Å²) < 4.78 is 0. The predicted octanol–water partition coefficient (Wildman–Crippen LogP) is 1.97. The molecule has 1 unspecified atom stereocenters. The first-order valence-electron chi connectivity index (χ1n) is 6.37. The lowest BCUT2D eigenvalue weighted by Gasteiger charge is -2.31. The van der Waals surface area contributed by atoms with Crippen LogP contribution in [0.2, 0.25) is 0 Å². The summed E-state index contributed by atoms with van der Waals surface area (Å²) in [5.41, 5.74) is 1.23. The summed E-state index contributed by atoms with van der Waals surface area (Å²) in [5.74, 6) is 0.243. The Labute approximate surface area is 112 Å². The zero-order valence-electron chi connectivity index (χ0n) is 10.7. The molecule has 1 aromatic rings. The number of aryl methyl sites for hydroxylation is 1. The van der Waals surface area contributed by atoms with Gasteiger partial charge in [0, 0.05) is 24.6 Å². The van der Waals surface area contributed by atoms with Crippen LogP contribution in [0.15, 0.2) is 11.4 Å². The van der Waals surface area contributed by atoms with Gasteiger partial charge in [-0.2, -0.15) is 0 Å². The van der Waals surface area contributed by atoms with Gasteiger partial charge in [0.05, 0.1) is 6.54 Å². The van der Waals surface area contributed by atoms with Crippen molar-refractivity contribution in [3.63, 3.8) is 0 Å². The summed E-state index contributed by atoms with van der Waals surface area (Å²) in [6.45, 7) is 4.30. The van der Waals surface area contributed by atoms with Crippen LogP contribution in [0, 0.1) is 12.8 Å². The number of likely N-dealkylation sites (tertiary alicyclic amines) is 1. The maximum atomic E-state index is 12.0.